The molecule has 6 nitrogen and oxygen atoms in total. The van der Waals surface area contributed by atoms with Crippen molar-refractivity contribution < 1.29 is 19.1 Å². The molecule has 31 heavy (non-hydrogen) atoms. The van der Waals surface area contributed by atoms with Gasteiger partial charge in [-0.1, -0.05) is 50.2 Å². The second-order valence-electron chi connectivity index (χ2n) is 7.83. The van der Waals surface area contributed by atoms with E-state index in [0.29, 0.717) is 29.5 Å². The summed E-state index contributed by atoms with van der Waals surface area (Å²) in [6.45, 7) is 8.11. The van der Waals surface area contributed by atoms with Crippen molar-refractivity contribution in [1.29, 1.82) is 0 Å². The monoisotopic (exact) mass is 438 g/mol. The van der Waals surface area contributed by atoms with Gasteiger partial charge in [0, 0.05) is 11.3 Å². The summed E-state index contributed by atoms with van der Waals surface area (Å²) < 4.78 is 5.82. The molecule has 0 spiro atoms. The summed E-state index contributed by atoms with van der Waals surface area (Å²) in [5.41, 5.74) is 3.25. The predicted molar refractivity (Wildman–Crippen MR) is 124 cm³/mol. The third kappa shape index (κ3) is 5.55. The highest BCUT2D eigenvalue weighted by atomic mass is 32.2. The number of carbonyl (C=O) groups excluding carboxylic acids is 3. The third-order valence-electron chi connectivity index (χ3n) is 4.70. The van der Waals surface area contributed by atoms with Crippen LogP contribution in [0.25, 0.3) is 6.08 Å². The molecule has 0 aromatic heterocycles. The number of imide groups is 1. The summed E-state index contributed by atoms with van der Waals surface area (Å²) in [5, 5.41) is 2.35. The van der Waals surface area contributed by atoms with Crippen molar-refractivity contribution in [3.05, 3.63) is 64.1 Å². The van der Waals surface area contributed by atoms with Gasteiger partial charge in [-0.25, -0.2) is 0 Å². The fourth-order valence-corrected chi connectivity index (χ4v) is 3.93. The number of hydrogen-bond donors (Lipinski definition) is 1. The number of benzene rings is 2. The van der Waals surface area contributed by atoms with Gasteiger partial charge in [-0.15, -0.1) is 0 Å². The van der Waals surface area contributed by atoms with Crippen LogP contribution in [-0.4, -0.2) is 35.1 Å². The van der Waals surface area contributed by atoms with Gasteiger partial charge in [-0.05, 0) is 54.8 Å². The molecule has 0 unspecified atom stereocenters. The van der Waals surface area contributed by atoms with Crippen molar-refractivity contribution in [2.45, 2.75) is 27.7 Å². The molecule has 1 aliphatic rings. The van der Waals surface area contributed by atoms with E-state index in [2.05, 4.69) is 19.2 Å². The van der Waals surface area contributed by atoms with E-state index in [1.807, 2.05) is 56.3 Å². The van der Waals surface area contributed by atoms with Crippen molar-refractivity contribution in [3.8, 4) is 5.75 Å². The van der Waals surface area contributed by atoms with E-state index >= 15 is 0 Å². The van der Waals surface area contributed by atoms with Crippen LogP contribution in [0.15, 0.2) is 47.4 Å². The molecule has 0 radical (unpaired) electrons. The lowest BCUT2D eigenvalue weighted by Crippen LogP contribution is -2.36. The molecule has 1 heterocycles. The van der Waals surface area contributed by atoms with Crippen molar-refractivity contribution in [2.24, 2.45) is 5.92 Å². The quantitative estimate of drug-likeness (QED) is 0.615. The highest BCUT2D eigenvalue weighted by Crippen LogP contribution is 2.34. The Bertz CT molecular complexity index is 1030. The average molecular weight is 439 g/mol. The molecule has 162 valence electrons. The molecule has 0 atom stereocenters. The molecular weight excluding hydrogens is 412 g/mol. The minimum absolute atomic E-state index is 0.269. The summed E-state index contributed by atoms with van der Waals surface area (Å²) >= 11 is 0.827. The Morgan fingerprint density at radius 3 is 2.45 bits per heavy atom. The van der Waals surface area contributed by atoms with Crippen molar-refractivity contribution in [1.82, 2.24) is 4.90 Å². The maximum Gasteiger partial charge on any atom is 0.294 e. The van der Waals surface area contributed by atoms with Gasteiger partial charge in [0.1, 0.15) is 12.3 Å². The number of carbonyl (C=O) groups is 3. The SMILES string of the molecule is Cc1cccc(C)c1NC(=O)CN1C(=O)S/C(=C/c2ccccc2OCC(C)C)C1=O. The van der Waals surface area contributed by atoms with Crippen LogP contribution in [0.4, 0.5) is 10.5 Å². The molecule has 3 amide bonds. The number of nitrogens with zero attached hydrogens (tertiary/aromatic N) is 1. The molecule has 7 heteroatoms. The van der Waals surface area contributed by atoms with E-state index in [-0.39, 0.29) is 11.4 Å². The van der Waals surface area contributed by atoms with Gasteiger partial charge in [-0.2, -0.15) is 0 Å². The molecular formula is C24H26N2O4S. The Hall–Kier alpha value is -3.06. The minimum Gasteiger partial charge on any atom is -0.493 e. The lowest BCUT2D eigenvalue weighted by molar-refractivity contribution is -0.127. The zero-order valence-electron chi connectivity index (χ0n) is 18.1. The third-order valence-corrected chi connectivity index (χ3v) is 5.61. The number of para-hydroxylation sites is 2. The van der Waals surface area contributed by atoms with E-state index < -0.39 is 17.1 Å². The van der Waals surface area contributed by atoms with Crippen LogP contribution in [0, 0.1) is 19.8 Å². The minimum atomic E-state index is -0.481. The number of aryl methyl sites for hydroxylation is 2. The maximum atomic E-state index is 12.8. The van der Waals surface area contributed by atoms with Crippen LogP contribution in [0.3, 0.4) is 0 Å². The van der Waals surface area contributed by atoms with E-state index in [9.17, 15) is 14.4 Å². The Kier molecular flexibility index (Phi) is 7.17. The first-order chi connectivity index (χ1) is 14.8. The zero-order valence-corrected chi connectivity index (χ0v) is 18.9. The average Bonchev–Trinajstić information content (AvgIpc) is 2.97. The van der Waals surface area contributed by atoms with Crippen LogP contribution < -0.4 is 10.1 Å². The van der Waals surface area contributed by atoms with Crippen LogP contribution >= 0.6 is 11.8 Å². The van der Waals surface area contributed by atoms with E-state index in [4.69, 9.17) is 4.74 Å². The Morgan fingerprint density at radius 2 is 1.77 bits per heavy atom. The van der Waals surface area contributed by atoms with Gasteiger partial charge in [0.2, 0.25) is 5.91 Å². The van der Waals surface area contributed by atoms with Gasteiger partial charge < -0.3 is 10.1 Å². The van der Waals surface area contributed by atoms with Gasteiger partial charge in [0.25, 0.3) is 11.1 Å². The predicted octanol–water partition coefficient (Wildman–Crippen LogP) is 5.01. The molecule has 2 aromatic carbocycles. The number of nitrogens with one attached hydrogen (secondary N) is 1. The van der Waals surface area contributed by atoms with Gasteiger partial charge in [0.05, 0.1) is 11.5 Å². The van der Waals surface area contributed by atoms with Crippen LogP contribution in [-0.2, 0) is 9.59 Å². The molecule has 0 bridgehead atoms. The number of ether oxygens (including phenoxy) is 1. The highest BCUT2D eigenvalue weighted by molar-refractivity contribution is 8.18. The standard InChI is InChI=1S/C24H26N2O4S/c1-15(2)14-30-19-11-6-5-10-18(19)12-20-23(28)26(24(29)31-20)13-21(27)25-22-16(3)8-7-9-17(22)4/h5-12,15H,13-14H2,1-4H3,(H,25,27)/b20-12+. The largest absolute Gasteiger partial charge is 0.493 e. The lowest BCUT2D eigenvalue weighted by Gasteiger charge is -2.15. The first-order valence-electron chi connectivity index (χ1n) is 10.1. The zero-order chi connectivity index (χ0) is 22.5. The van der Waals surface area contributed by atoms with Crippen molar-refractivity contribution in [3.63, 3.8) is 0 Å². The number of hydrogen-bond acceptors (Lipinski definition) is 5. The number of thioether (sulfide) groups is 1. The molecule has 2 aromatic rings. The summed E-state index contributed by atoms with van der Waals surface area (Å²) in [7, 11) is 0. The first kappa shape index (κ1) is 22.6. The smallest absolute Gasteiger partial charge is 0.294 e. The summed E-state index contributed by atoms with van der Waals surface area (Å²) in [6, 6.07) is 13.1. The van der Waals surface area contributed by atoms with Crippen molar-refractivity contribution >= 4 is 40.6 Å². The molecule has 1 fully saturated rings. The summed E-state index contributed by atoms with van der Waals surface area (Å²) in [4.78, 5) is 39.0. The van der Waals surface area contributed by atoms with Crippen LogP contribution in [0.1, 0.15) is 30.5 Å². The van der Waals surface area contributed by atoms with Crippen LogP contribution in [0.2, 0.25) is 0 Å². The topological polar surface area (TPSA) is 75.7 Å². The number of anilines is 1. The van der Waals surface area contributed by atoms with Crippen molar-refractivity contribution in [2.75, 3.05) is 18.5 Å². The normalized spacial score (nSPS) is 15.1. The summed E-state index contributed by atoms with van der Waals surface area (Å²) in [6.07, 6.45) is 1.64. The Morgan fingerprint density at radius 1 is 1.10 bits per heavy atom. The fourth-order valence-electron chi connectivity index (χ4n) is 3.10. The Labute approximate surface area is 186 Å². The van der Waals surface area contributed by atoms with Gasteiger partial charge in [-0.3, -0.25) is 19.3 Å². The van der Waals surface area contributed by atoms with Gasteiger partial charge >= 0.3 is 0 Å². The molecule has 0 saturated carbocycles. The first-order valence-corrected chi connectivity index (χ1v) is 10.9. The summed E-state index contributed by atoms with van der Waals surface area (Å²) in [5.74, 6) is 0.110. The molecule has 0 aliphatic carbocycles. The molecule has 1 saturated heterocycles. The second kappa shape index (κ2) is 9.83. The molecule has 1 N–H and O–H groups in total. The highest BCUT2D eigenvalue weighted by Gasteiger charge is 2.36. The van der Waals surface area contributed by atoms with E-state index in [0.717, 1.165) is 27.8 Å². The molecule has 3 rings (SSSR count). The van der Waals surface area contributed by atoms with E-state index in [1.165, 1.54) is 0 Å². The Balaban J connectivity index is 1.73. The van der Waals surface area contributed by atoms with Gasteiger partial charge in [0.15, 0.2) is 0 Å². The molecule has 1 aliphatic heterocycles. The fraction of sp³-hybridized carbons (Fsp3) is 0.292. The number of amides is 3. The number of rotatable bonds is 7. The van der Waals surface area contributed by atoms with E-state index in [1.54, 1.807) is 6.08 Å². The second-order valence-corrected chi connectivity index (χ2v) is 8.82. The lowest BCUT2D eigenvalue weighted by atomic mass is 10.1. The van der Waals surface area contributed by atoms with Crippen LogP contribution in [0.5, 0.6) is 5.75 Å². The maximum absolute atomic E-state index is 12.8.